The molecule has 1 amide bonds. The largest absolute Gasteiger partial charge is 0.481 e. The molecule has 0 bridgehead atoms. The summed E-state index contributed by atoms with van der Waals surface area (Å²) in [7, 11) is 0. The van der Waals surface area contributed by atoms with Gasteiger partial charge in [-0.2, -0.15) is 0 Å². The molecule has 0 aliphatic heterocycles. The van der Waals surface area contributed by atoms with Gasteiger partial charge >= 0.3 is 0 Å². The summed E-state index contributed by atoms with van der Waals surface area (Å²) in [4.78, 5) is 12.2. The van der Waals surface area contributed by atoms with E-state index < -0.39 is 6.10 Å². The van der Waals surface area contributed by atoms with Gasteiger partial charge in [-0.25, -0.2) is 0 Å². The molecule has 0 fully saturated rings. The van der Waals surface area contributed by atoms with Crippen LogP contribution in [-0.4, -0.2) is 12.0 Å². The second-order valence-electron chi connectivity index (χ2n) is 4.87. The van der Waals surface area contributed by atoms with E-state index in [2.05, 4.69) is 12.2 Å². The lowest BCUT2D eigenvalue weighted by Gasteiger charge is -2.15. The Morgan fingerprint density at radius 3 is 2.50 bits per heavy atom. The molecule has 0 saturated carbocycles. The number of rotatable bonds is 5. The number of carbonyl (C=O) groups excluding carboxylic acids is 1. The molecule has 2 aromatic rings. The van der Waals surface area contributed by atoms with Crippen LogP contribution in [0.1, 0.15) is 19.4 Å². The minimum absolute atomic E-state index is 0.288. The molecule has 22 heavy (non-hydrogen) atoms. The van der Waals surface area contributed by atoms with Crippen molar-refractivity contribution < 1.29 is 9.53 Å². The van der Waals surface area contributed by atoms with Crippen molar-refractivity contribution >= 4 is 34.8 Å². The average Bonchev–Trinajstić information content (AvgIpc) is 2.51. The van der Waals surface area contributed by atoms with Crippen molar-refractivity contribution in [2.24, 2.45) is 0 Å². The van der Waals surface area contributed by atoms with Crippen molar-refractivity contribution in [3.8, 4) is 5.75 Å². The quantitative estimate of drug-likeness (QED) is 0.837. The lowest BCUT2D eigenvalue weighted by molar-refractivity contribution is -0.122. The summed E-state index contributed by atoms with van der Waals surface area (Å²) in [6.45, 7) is 3.77. The molecule has 0 spiro atoms. The number of carbonyl (C=O) groups is 1. The van der Waals surface area contributed by atoms with E-state index >= 15 is 0 Å². The fourth-order valence-corrected chi connectivity index (χ4v) is 2.23. The molecule has 1 N–H and O–H groups in total. The van der Waals surface area contributed by atoms with E-state index in [-0.39, 0.29) is 5.91 Å². The van der Waals surface area contributed by atoms with Crippen LogP contribution in [0.25, 0.3) is 0 Å². The second-order valence-corrected chi connectivity index (χ2v) is 5.71. The van der Waals surface area contributed by atoms with Crippen LogP contribution in [-0.2, 0) is 11.2 Å². The number of halogens is 2. The smallest absolute Gasteiger partial charge is 0.265 e. The van der Waals surface area contributed by atoms with Gasteiger partial charge < -0.3 is 10.1 Å². The summed E-state index contributed by atoms with van der Waals surface area (Å²) >= 11 is 11.9. The highest BCUT2D eigenvalue weighted by Crippen LogP contribution is 2.25. The van der Waals surface area contributed by atoms with Crippen molar-refractivity contribution in [2.75, 3.05) is 5.32 Å². The first-order valence-corrected chi connectivity index (χ1v) is 7.76. The van der Waals surface area contributed by atoms with Gasteiger partial charge in [0.1, 0.15) is 5.75 Å². The first-order chi connectivity index (χ1) is 10.5. The highest BCUT2D eigenvalue weighted by Gasteiger charge is 2.16. The maximum Gasteiger partial charge on any atom is 0.265 e. The van der Waals surface area contributed by atoms with E-state index in [0.717, 1.165) is 6.42 Å². The van der Waals surface area contributed by atoms with Gasteiger partial charge in [0.15, 0.2) is 6.10 Å². The molecule has 2 rings (SSSR count). The zero-order valence-electron chi connectivity index (χ0n) is 12.4. The van der Waals surface area contributed by atoms with Crippen molar-refractivity contribution in [3.63, 3.8) is 0 Å². The maximum absolute atomic E-state index is 12.2. The summed E-state index contributed by atoms with van der Waals surface area (Å²) in [6.07, 6.45) is 0.311. The molecule has 1 atom stereocenters. The second kappa shape index (κ2) is 7.52. The Hall–Kier alpha value is -1.71. The third-order valence-corrected chi connectivity index (χ3v) is 3.76. The Morgan fingerprint density at radius 2 is 1.86 bits per heavy atom. The van der Waals surface area contributed by atoms with Crippen molar-refractivity contribution in [1.82, 2.24) is 0 Å². The monoisotopic (exact) mass is 337 g/mol. The van der Waals surface area contributed by atoms with Gasteiger partial charge in [-0.05, 0) is 49.2 Å². The van der Waals surface area contributed by atoms with Crippen LogP contribution in [0, 0.1) is 0 Å². The summed E-state index contributed by atoms with van der Waals surface area (Å²) < 4.78 is 5.63. The summed E-state index contributed by atoms with van der Waals surface area (Å²) in [6, 6.07) is 12.6. The lowest BCUT2D eigenvalue weighted by Crippen LogP contribution is -2.30. The van der Waals surface area contributed by atoms with E-state index in [4.69, 9.17) is 27.9 Å². The minimum atomic E-state index is -0.650. The molecular weight excluding hydrogens is 321 g/mol. The summed E-state index contributed by atoms with van der Waals surface area (Å²) in [5.74, 6) is 0.362. The van der Waals surface area contributed by atoms with Gasteiger partial charge in [-0.3, -0.25) is 4.79 Å². The van der Waals surface area contributed by atoms with Gasteiger partial charge in [0.2, 0.25) is 0 Å². The zero-order valence-corrected chi connectivity index (χ0v) is 13.9. The predicted molar refractivity (Wildman–Crippen MR) is 91.0 cm³/mol. The Labute approximate surface area is 140 Å². The number of aryl methyl sites for hydroxylation is 1. The fourth-order valence-electron chi connectivity index (χ4n) is 1.89. The Balaban J connectivity index is 2.00. The van der Waals surface area contributed by atoms with Crippen LogP contribution in [0.5, 0.6) is 5.75 Å². The van der Waals surface area contributed by atoms with Crippen molar-refractivity contribution in [2.45, 2.75) is 26.4 Å². The minimum Gasteiger partial charge on any atom is -0.481 e. The molecule has 5 heteroatoms. The van der Waals surface area contributed by atoms with Crippen LogP contribution in [0.15, 0.2) is 42.5 Å². The molecule has 0 heterocycles. The molecule has 0 unspecified atom stereocenters. The normalized spacial score (nSPS) is 11.8. The number of hydrogen-bond donors (Lipinski definition) is 1. The summed E-state index contributed by atoms with van der Waals surface area (Å²) in [5.41, 5.74) is 1.69. The number of ether oxygens (including phenoxy) is 1. The Morgan fingerprint density at radius 1 is 1.18 bits per heavy atom. The SMILES string of the molecule is CCc1ccc(O[C@@H](C)C(=O)Nc2cc(Cl)ccc2Cl)cc1. The van der Waals surface area contributed by atoms with E-state index in [1.807, 2.05) is 24.3 Å². The molecule has 0 saturated heterocycles. The highest BCUT2D eigenvalue weighted by molar-refractivity contribution is 6.35. The zero-order chi connectivity index (χ0) is 16.1. The van der Waals surface area contributed by atoms with E-state index in [1.54, 1.807) is 25.1 Å². The first kappa shape index (κ1) is 16.7. The van der Waals surface area contributed by atoms with Crippen LogP contribution >= 0.6 is 23.2 Å². The van der Waals surface area contributed by atoms with Crippen molar-refractivity contribution in [1.29, 1.82) is 0 Å². The van der Waals surface area contributed by atoms with Crippen molar-refractivity contribution in [3.05, 3.63) is 58.1 Å². The van der Waals surface area contributed by atoms with Gasteiger partial charge in [0.25, 0.3) is 5.91 Å². The van der Waals surface area contributed by atoms with Gasteiger partial charge in [-0.1, -0.05) is 42.3 Å². The molecule has 3 nitrogen and oxygen atoms in total. The number of anilines is 1. The molecule has 116 valence electrons. The molecule has 0 aliphatic carbocycles. The first-order valence-electron chi connectivity index (χ1n) is 7.01. The number of nitrogens with one attached hydrogen (secondary N) is 1. The molecule has 0 aliphatic rings. The maximum atomic E-state index is 12.2. The Bertz CT molecular complexity index is 656. The molecule has 0 radical (unpaired) electrons. The summed E-state index contributed by atoms with van der Waals surface area (Å²) in [5, 5.41) is 3.64. The van der Waals surface area contributed by atoms with E-state index in [9.17, 15) is 4.79 Å². The van der Waals surface area contributed by atoms with Crippen LogP contribution < -0.4 is 10.1 Å². The predicted octanol–water partition coefficient (Wildman–Crippen LogP) is 4.96. The molecular formula is C17H17Cl2NO2. The number of amides is 1. The molecule has 2 aromatic carbocycles. The van der Waals surface area contributed by atoms with Crippen LogP contribution in [0.4, 0.5) is 5.69 Å². The van der Waals surface area contributed by atoms with Gasteiger partial charge in [0.05, 0.1) is 10.7 Å². The van der Waals surface area contributed by atoms with Gasteiger partial charge in [0, 0.05) is 5.02 Å². The standard InChI is InChI=1S/C17H17Cl2NO2/c1-3-12-4-7-14(8-5-12)22-11(2)17(21)20-16-10-13(18)6-9-15(16)19/h4-11H,3H2,1-2H3,(H,20,21)/t11-/m0/s1. The fraction of sp³-hybridized carbons (Fsp3) is 0.235. The third kappa shape index (κ3) is 4.39. The number of hydrogen-bond acceptors (Lipinski definition) is 2. The van der Waals surface area contributed by atoms with E-state index in [1.165, 1.54) is 5.56 Å². The van der Waals surface area contributed by atoms with E-state index in [0.29, 0.717) is 21.5 Å². The highest BCUT2D eigenvalue weighted by atomic mass is 35.5. The number of benzene rings is 2. The Kier molecular flexibility index (Phi) is 5.69. The van der Waals surface area contributed by atoms with Crippen LogP contribution in [0.2, 0.25) is 10.0 Å². The topological polar surface area (TPSA) is 38.3 Å². The molecule has 0 aromatic heterocycles. The average molecular weight is 338 g/mol. The van der Waals surface area contributed by atoms with Crippen LogP contribution in [0.3, 0.4) is 0 Å². The van der Waals surface area contributed by atoms with Gasteiger partial charge in [-0.15, -0.1) is 0 Å². The third-order valence-electron chi connectivity index (χ3n) is 3.20. The lowest BCUT2D eigenvalue weighted by atomic mass is 10.2.